The van der Waals surface area contributed by atoms with Crippen LogP contribution in [0.5, 0.6) is 0 Å². The van der Waals surface area contributed by atoms with E-state index < -0.39 is 5.82 Å². The predicted molar refractivity (Wildman–Crippen MR) is 131 cm³/mol. The molecule has 7 heteroatoms. The second kappa shape index (κ2) is 10.2. The number of nitrogen functional groups attached to an aromatic ring is 1. The smallest absolute Gasteiger partial charge is 0.185 e. The molecule has 1 aromatic carbocycles. The van der Waals surface area contributed by atoms with Gasteiger partial charge in [-0.25, -0.2) is 19.0 Å². The Bertz CT molecular complexity index is 1290. The highest BCUT2D eigenvalue weighted by atomic mass is 19.1. The van der Waals surface area contributed by atoms with Gasteiger partial charge in [0.1, 0.15) is 23.7 Å². The van der Waals surface area contributed by atoms with Crippen LogP contribution in [0.3, 0.4) is 0 Å². The van der Waals surface area contributed by atoms with Crippen LogP contribution in [0, 0.1) is 5.82 Å². The maximum Gasteiger partial charge on any atom is 0.185 e. The van der Waals surface area contributed by atoms with E-state index in [4.69, 9.17) is 10.8 Å². The highest BCUT2D eigenvalue weighted by molar-refractivity contribution is 6.06. The number of benzene rings is 1. The standard InChI is InChI=1S/C26H28FN5O/c1-6-10-20(16(5)8-3)21(11-7-2)32-26-23(25(28)29-15-30-26)24(31-32)18-12-17(22(33)9-4)13-19(27)14-18/h6,8-10,12-15,21H,3-4,7,11H2,1-2,5H3,(H2,28,29,30)/b10-6-,20-16+. The van der Waals surface area contributed by atoms with Crippen LogP contribution in [0.1, 0.15) is 50.0 Å². The molecule has 0 fully saturated rings. The van der Waals surface area contributed by atoms with Crippen molar-refractivity contribution in [3.05, 3.63) is 84.5 Å². The molecule has 0 aliphatic rings. The number of carbonyl (C=O) groups is 1. The maximum atomic E-state index is 14.5. The number of nitrogens with zero attached hydrogens (tertiary/aromatic N) is 4. The molecule has 1 unspecified atom stereocenters. The zero-order chi connectivity index (χ0) is 24.1. The molecular weight excluding hydrogens is 417 g/mol. The molecule has 6 nitrogen and oxygen atoms in total. The second-order valence-electron chi connectivity index (χ2n) is 7.69. The minimum Gasteiger partial charge on any atom is -0.383 e. The summed E-state index contributed by atoms with van der Waals surface area (Å²) in [7, 11) is 0. The number of hydrogen-bond donors (Lipinski definition) is 1. The fourth-order valence-corrected chi connectivity index (χ4v) is 3.89. The van der Waals surface area contributed by atoms with Crippen molar-refractivity contribution < 1.29 is 9.18 Å². The van der Waals surface area contributed by atoms with Gasteiger partial charge in [0.2, 0.25) is 0 Å². The highest BCUT2D eigenvalue weighted by Crippen LogP contribution is 2.36. The Morgan fingerprint density at radius 1 is 1.24 bits per heavy atom. The van der Waals surface area contributed by atoms with Gasteiger partial charge in [-0.05, 0) is 55.7 Å². The number of nitrogens with two attached hydrogens (primary N) is 1. The summed E-state index contributed by atoms with van der Waals surface area (Å²) in [5.74, 6) is -0.709. The third-order valence-electron chi connectivity index (χ3n) is 5.48. The molecule has 33 heavy (non-hydrogen) atoms. The summed E-state index contributed by atoms with van der Waals surface area (Å²) in [4.78, 5) is 20.8. The van der Waals surface area contributed by atoms with Gasteiger partial charge in [0, 0.05) is 11.1 Å². The first-order valence-corrected chi connectivity index (χ1v) is 10.8. The van der Waals surface area contributed by atoms with Crippen molar-refractivity contribution in [3.63, 3.8) is 0 Å². The van der Waals surface area contributed by atoms with Crippen LogP contribution >= 0.6 is 0 Å². The average molecular weight is 446 g/mol. The quantitative estimate of drug-likeness (QED) is 0.248. The lowest BCUT2D eigenvalue weighted by atomic mass is 9.97. The van der Waals surface area contributed by atoms with Crippen LogP contribution in [-0.2, 0) is 0 Å². The summed E-state index contributed by atoms with van der Waals surface area (Å²) in [5, 5.41) is 5.37. The minimum atomic E-state index is -0.557. The number of carbonyl (C=O) groups excluding carboxylic acids is 1. The van der Waals surface area contributed by atoms with E-state index in [2.05, 4.69) is 30.0 Å². The van der Waals surface area contributed by atoms with Gasteiger partial charge in [-0.15, -0.1) is 0 Å². The first-order valence-electron chi connectivity index (χ1n) is 10.8. The Morgan fingerprint density at radius 2 is 2.00 bits per heavy atom. The zero-order valence-electron chi connectivity index (χ0n) is 19.2. The number of aromatic nitrogens is 4. The van der Waals surface area contributed by atoms with Crippen LogP contribution in [0.2, 0.25) is 0 Å². The number of ketones is 1. The van der Waals surface area contributed by atoms with E-state index in [-0.39, 0.29) is 23.2 Å². The van der Waals surface area contributed by atoms with Crippen molar-refractivity contribution >= 4 is 22.6 Å². The topological polar surface area (TPSA) is 86.7 Å². The number of anilines is 1. The van der Waals surface area contributed by atoms with E-state index in [0.717, 1.165) is 30.1 Å². The Balaban J connectivity index is 2.36. The van der Waals surface area contributed by atoms with Gasteiger partial charge >= 0.3 is 0 Å². The Morgan fingerprint density at radius 3 is 2.64 bits per heavy atom. The van der Waals surface area contributed by atoms with Crippen LogP contribution in [0.25, 0.3) is 22.3 Å². The van der Waals surface area contributed by atoms with Gasteiger partial charge < -0.3 is 5.73 Å². The minimum absolute atomic E-state index is 0.155. The van der Waals surface area contributed by atoms with Gasteiger partial charge in [-0.1, -0.05) is 44.7 Å². The SMILES string of the molecule is C=CC(=O)c1cc(F)cc(-c2nn(C(CCC)C(/C=C\C)=C(\C)C=C)c3ncnc(N)c23)c1. The van der Waals surface area contributed by atoms with Crippen molar-refractivity contribution in [2.75, 3.05) is 5.73 Å². The maximum absolute atomic E-state index is 14.5. The summed E-state index contributed by atoms with van der Waals surface area (Å²) < 4.78 is 16.3. The van der Waals surface area contributed by atoms with Crippen molar-refractivity contribution in [3.8, 4) is 11.3 Å². The van der Waals surface area contributed by atoms with Gasteiger partial charge in [0.15, 0.2) is 11.4 Å². The number of fused-ring (bicyclic) bond motifs is 1. The Labute approximate surface area is 193 Å². The molecule has 0 saturated carbocycles. The lowest BCUT2D eigenvalue weighted by Gasteiger charge is -2.21. The van der Waals surface area contributed by atoms with E-state index in [9.17, 15) is 9.18 Å². The van der Waals surface area contributed by atoms with E-state index in [1.165, 1.54) is 18.5 Å². The molecular formula is C26H28FN5O. The molecule has 2 N–H and O–H groups in total. The lowest BCUT2D eigenvalue weighted by Crippen LogP contribution is -2.14. The van der Waals surface area contributed by atoms with Crippen LogP contribution in [0.4, 0.5) is 10.2 Å². The molecule has 0 aliphatic carbocycles. The molecule has 2 aromatic heterocycles. The Hall–Kier alpha value is -3.87. The second-order valence-corrected chi connectivity index (χ2v) is 7.69. The molecule has 1 atom stereocenters. The predicted octanol–water partition coefficient (Wildman–Crippen LogP) is 6.00. The molecule has 0 radical (unpaired) electrons. The summed E-state index contributed by atoms with van der Waals surface area (Å²) in [6.45, 7) is 13.5. The first kappa shape index (κ1) is 23.8. The van der Waals surface area contributed by atoms with Crippen molar-refractivity contribution in [2.24, 2.45) is 0 Å². The van der Waals surface area contributed by atoms with Crippen LogP contribution in [-0.4, -0.2) is 25.5 Å². The molecule has 170 valence electrons. The van der Waals surface area contributed by atoms with Crippen molar-refractivity contribution in [2.45, 2.75) is 39.7 Å². The van der Waals surface area contributed by atoms with Gasteiger partial charge in [0.05, 0.1) is 11.4 Å². The molecule has 0 bridgehead atoms. The van der Waals surface area contributed by atoms with Gasteiger partial charge in [-0.3, -0.25) is 4.79 Å². The first-order chi connectivity index (χ1) is 15.9. The number of rotatable bonds is 9. The molecule has 0 spiro atoms. The van der Waals surface area contributed by atoms with Gasteiger partial charge in [0.25, 0.3) is 0 Å². The molecule has 2 heterocycles. The third-order valence-corrected chi connectivity index (χ3v) is 5.48. The molecule has 0 saturated heterocycles. The number of halogens is 1. The van der Waals surface area contributed by atoms with Crippen LogP contribution in [0.15, 0.2) is 73.1 Å². The fourth-order valence-electron chi connectivity index (χ4n) is 3.89. The monoisotopic (exact) mass is 445 g/mol. The Kier molecular flexibility index (Phi) is 7.33. The molecule has 3 aromatic rings. The molecule has 0 aliphatic heterocycles. The summed E-state index contributed by atoms with van der Waals surface area (Å²) in [6.07, 6.45) is 10.0. The van der Waals surface area contributed by atoms with Crippen LogP contribution < -0.4 is 5.73 Å². The lowest BCUT2D eigenvalue weighted by molar-refractivity contribution is 0.104. The zero-order valence-corrected chi connectivity index (χ0v) is 19.2. The van der Waals surface area contributed by atoms with E-state index in [0.29, 0.717) is 22.3 Å². The fraction of sp³-hybridized carbons (Fsp3) is 0.231. The number of allylic oxidation sites excluding steroid dienone is 6. The molecule has 0 amide bonds. The summed E-state index contributed by atoms with van der Waals surface area (Å²) >= 11 is 0. The van der Waals surface area contributed by atoms with Crippen molar-refractivity contribution in [1.82, 2.24) is 19.7 Å². The van der Waals surface area contributed by atoms with E-state index in [1.54, 1.807) is 6.07 Å². The molecule has 3 rings (SSSR count). The largest absolute Gasteiger partial charge is 0.383 e. The van der Waals surface area contributed by atoms with Crippen molar-refractivity contribution in [1.29, 1.82) is 0 Å². The number of hydrogen-bond acceptors (Lipinski definition) is 5. The average Bonchev–Trinajstić information content (AvgIpc) is 3.20. The highest BCUT2D eigenvalue weighted by Gasteiger charge is 2.25. The summed E-state index contributed by atoms with van der Waals surface area (Å²) in [5.41, 5.74) is 9.85. The third kappa shape index (κ3) is 4.67. The van der Waals surface area contributed by atoms with E-state index >= 15 is 0 Å². The summed E-state index contributed by atoms with van der Waals surface area (Å²) in [6, 6.07) is 3.92. The van der Waals surface area contributed by atoms with Gasteiger partial charge in [-0.2, -0.15) is 5.10 Å². The normalized spacial score (nSPS) is 13.2. The van der Waals surface area contributed by atoms with E-state index in [1.807, 2.05) is 36.8 Å².